The zero-order valence-electron chi connectivity index (χ0n) is 19.2. The van der Waals surface area contributed by atoms with Crippen molar-refractivity contribution in [3.63, 3.8) is 0 Å². The molecule has 0 saturated carbocycles. The predicted molar refractivity (Wildman–Crippen MR) is 129 cm³/mol. The summed E-state index contributed by atoms with van der Waals surface area (Å²) >= 11 is 1.35. The van der Waals surface area contributed by atoms with Gasteiger partial charge in [-0.2, -0.15) is 0 Å². The van der Waals surface area contributed by atoms with Crippen LogP contribution in [0.1, 0.15) is 31.6 Å². The van der Waals surface area contributed by atoms with Crippen LogP contribution in [0.5, 0.6) is 0 Å². The minimum Gasteiger partial charge on any atom is -0.242 e. The van der Waals surface area contributed by atoms with Crippen LogP contribution in [0.4, 0.5) is 13.2 Å². The molecule has 0 bridgehead atoms. The largest absolute Gasteiger partial charge is 0.242 e. The molecule has 182 valence electrons. The Kier molecular flexibility index (Phi) is 6.28. The summed E-state index contributed by atoms with van der Waals surface area (Å²) in [6.45, 7) is 7.63. The number of hydrogen-bond acceptors (Lipinski definition) is 6. The van der Waals surface area contributed by atoms with Crippen molar-refractivity contribution >= 4 is 21.4 Å². The lowest BCUT2D eigenvalue weighted by Gasteiger charge is -2.14. The van der Waals surface area contributed by atoms with Crippen LogP contribution < -0.4 is 5.14 Å². The van der Waals surface area contributed by atoms with E-state index in [1.807, 2.05) is 20.8 Å². The predicted octanol–water partition coefficient (Wildman–Crippen LogP) is 5.60. The topological polar surface area (TPSA) is 98.8 Å². The monoisotopic (exact) mass is 518 g/mol. The van der Waals surface area contributed by atoms with E-state index in [4.69, 9.17) is 5.14 Å². The summed E-state index contributed by atoms with van der Waals surface area (Å²) in [5.41, 5.74) is -0.410. The van der Waals surface area contributed by atoms with Gasteiger partial charge in [0.25, 0.3) is 0 Å². The van der Waals surface area contributed by atoms with Gasteiger partial charge in [-0.3, -0.25) is 0 Å². The van der Waals surface area contributed by atoms with Crippen molar-refractivity contribution < 1.29 is 21.6 Å². The molecular formula is C24H21F3N4O2S2. The van der Waals surface area contributed by atoms with Crippen molar-refractivity contribution in [3.8, 4) is 33.0 Å². The number of nitrogens with two attached hydrogens (primary N) is 1. The molecule has 0 fully saturated rings. The Morgan fingerprint density at radius 1 is 0.943 bits per heavy atom. The highest BCUT2D eigenvalue weighted by Crippen LogP contribution is 2.42. The van der Waals surface area contributed by atoms with E-state index in [-0.39, 0.29) is 22.2 Å². The second kappa shape index (κ2) is 8.81. The average molecular weight is 519 g/mol. The molecule has 4 rings (SSSR count). The maximum absolute atomic E-state index is 15.9. The molecule has 4 aromatic rings. The maximum atomic E-state index is 15.9. The molecule has 0 aliphatic rings. The van der Waals surface area contributed by atoms with Crippen LogP contribution in [0, 0.1) is 24.4 Å². The van der Waals surface area contributed by atoms with Crippen molar-refractivity contribution in [2.45, 2.75) is 38.0 Å². The van der Waals surface area contributed by atoms with Gasteiger partial charge in [-0.25, -0.2) is 41.7 Å². The average Bonchev–Trinajstić information content (AvgIpc) is 3.20. The highest BCUT2D eigenvalue weighted by molar-refractivity contribution is 7.89. The smallest absolute Gasteiger partial charge is 0.241 e. The summed E-state index contributed by atoms with van der Waals surface area (Å²) in [7, 11) is -4.58. The van der Waals surface area contributed by atoms with E-state index in [2.05, 4.69) is 15.0 Å². The van der Waals surface area contributed by atoms with Crippen LogP contribution in [0.15, 0.2) is 47.5 Å². The number of thiazole rings is 1. The Balaban J connectivity index is 1.99. The molecule has 0 atom stereocenters. The van der Waals surface area contributed by atoms with Crippen LogP contribution in [0.2, 0.25) is 0 Å². The van der Waals surface area contributed by atoms with Crippen LogP contribution in [-0.2, 0) is 15.4 Å². The van der Waals surface area contributed by atoms with E-state index >= 15 is 8.78 Å². The molecule has 2 aromatic heterocycles. The van der Waals surface area contributed by atoms with Crippen molar-refractivity contribution in [1.82, 2.24) is 15.0 Å². The van der Waals surface area contributed by atoms with Gasteiger partial charge in [-0.15, -0.1) is 11.3 Å². The molecule has 0 aliphatic heterocycles. The highest BCUT2D eigenvalue weighted by Gasteiger charge is 2.27. The Morgan fingerprint density at radius 2 is 1.63 bits per heavy atom. The van der Waals surface area contributed by atoms with E-state index in [0.29, 0.717) is 22.5 Å². The van der Waals surface area contributed by atoms with Crippen molar-refractivity contribution in [2.75, 3.05) is 0 Å². The first-order valence-corrected chi connectivity index (χ1v) is 12.8. The number of sulfonamides is 1. The van der Waals surface area contributed by atoms with E-state index in [1.54, 1.807) is 19.2 Å². The number of halogens is 3. The number of benzene rings is 2. The third-order valence-corrected chi connectivity index (χ3v) is 7.55. The number of aryl methyl sites for hydroxylation is 1. The van der Waals surface area contributed by atoms with Crippen LogP contribution >= 0.6 is 11.3 Å². The van der Waals surface area contributed by atoms with E-state index in [1.165, 1.54) is 29.5 Å². The molecule has 11 heteroatoms. The highest BCUT2D eigenvalue weighted by atomic mass is 32.2. The summed E-state index contributed by atoms with van der Waals surface area (Å²) in [5, 5.41) is 5.74. The zero-order valence-corrected chi connectivity index (χ0v) is 20.9. The van der Waals surface area contributed by atoms with Gasteiger partial charge >= 0.3 is 0 Å². The van der Waals surface area contributed by atoms with Gasteiger partial charge in [0.2, 0.25) is 10.0 Å². The fourth-order valence-electron chi connectivity index (χ4n) is 3.47. The van der Waals surface area contributed by atoms with Gasteiger partial charge in [0.05, 0.1) is 21.3 Å². The summed E-state index contributed by atoms with van der Waals surface area (Å²) in [5.74, 6) is -2.79. The molecule has 2 aromatic carbocycles. The van der Waals surface area contributed by atoms with Gasteiger partial charge in [-0.1, -0.05) is 32.9 Å². The first kappa shape index (κ1) is 25.0. The fourth-order valence-corrected chi connectivity index (χ4v) is 5.21. The quantitative estimate of drug-likeness (QED) is 0.379. The molecule has 35 heavy (non-hydrogen) atoms. The molecular weight excluding hydrogens is 497 g/mol. The van der Waals surface area contributed by atoms with E-state index < -0.39 is 37.9 Å². The Hall–Kier alpha value is -3.15. The van der Waals surface area contributed by atoms with Crippen LogP contribution in [0.3, 0.4) is 0 Å². The minimum absolute atomic E-state index is 0.0290. The molecule has 2 heterocycles. The Bertz CT molecular complexity index is 1560. The third-order valence-electron chi connectivity index (χ3n) is 5.13. The van der Waals surface area contributed by atoms with Gasteiger partial charge in [0.15, 0.2) is 5.82 Å². The number of rotatable bonds is 4. The first-order valence-electron chi connectivity index (χ1n) is 10.4. The zero-order chi connectivity index (χ0) is 25.7. The van der Waals surface area contributed by atoms with Gasteiger partial charge in [0.1, 0.15) is 22.4 Å². The van der Waals surface area contributed by atoms with Crippen LogP contribution in [0.25, 0.3) is 33.0 Å². The van der Waals surface area contributed by atoms with Crippen LogP contribution in [-0.4, -0.2) is 23.4 Å². The molecule has 0 aliphatic carbocycles. The lowest BCUT2D eigenvalue weighted by molar-refractivity contribution is 0.554. The van der Waals surface area contributed by atoms with Crippen molar-refractivity contribution in [2.24, 2.45) is 5.14 Å². The lowest BCUT2D eigenvalue weighted by atomic mass is 9.97. The van der Waals surface area contributed by atoms with E-state index in [0.717, 1.165) is 11.1 Å². The lowest BCUT2D eigenvalue weighted by Crippen LogP contribution is -2.15. The number of aromatic nitrogens is 3. The summed E-state index contributed by atoms with van der Waals surface area (Å²) in [4.78, 5) is 12.8. The third kappa shape index (κ3) is 4.84. The Labute approximate surface area is 204 Å². The number of hydrogen-bond donors (Lipinski definition) is 1. The number of primary sulfonamides is 1. The van der Waals surface area contributed by atoms with E-state index in [9.17, 15) is 12.8 Å². The molecule has 0 saturated heterocycles. The second-order valence-electron chi connectivity index (χ2n) is 8.91. The number of nitrogens with zero attached hydrogens (tertiary/aromatic N) is 3. The minimum atomic E-state index is -4.58. The van der Waals surface area contributed by atoms with Crippen molar-refractivity contribution in [1.29, 1.82) is 0 Å². The van der Waals surface area contributed by atoms with Gasteiger partial charge < -0.3 is 0 Å². The van der Waals surface area contributed by atoms with Gasteiger partial charge in [0, 0.05) is 28.3 Å². The first-order chi connectivity index (χ1) is 16.3. The standard InChI is InChI=1S/C24H21F3N4O2S2/c1-12-29-9-8-17(30-12)22-21(31-23(34-22)24(2,3)4)15-7-5-6-14(19(15)26)16-10-13(25)11-18(20(16)27)35(28,32)33/h5-11H,1-4H3,(H2,28,32,33). The maximum Gasteiger partial charge on any atom is 0.241 e. The molecule has 0 spiro atoms. The Morgan fingerprint density at radius 3 is 2.26 bits per heavy atom. The fraction of sp³-hybridized carbons (Fsp3) is 0.208. The van der Waals surface area contributed by atoms with Gasteiger partial charge in [-0.05, 0) is 31.2 Å². The SMILES string of the molecule is Cc1nccc(-c2sc(C(C)(C)C)nc2-c2cccc(-c3cc(F)cc(S(N)(=O)=O)c3F)c2F)n1. The molecule has 0 amide bonds. The summed E-state index contributed by atoms with van der Waals surface area (Å²) in [6.07, 6.45) is 1.58. The second-order valence-corrected chi connectivity index (χ2v) is 11.4. The molecule has 0 radical (unpaired) electrons. The summed E-state index contributed by atoms with van der Waals surface area (Å²) < 4.78 is 68.7. The molecule has 0 unspecified atom stereocenters. The summed E-state index contributed by atoms with van der Waals surface area (Å²) in [6, 6.07) is 7.03. The van der Waals surface area contributed by atoms with Crippen molar-refractivity contribution in [3.05, 3.63) is 70.9 Å². The normalized spacial score (nSPS) is 12.2. The molecule has 2 N–H and O–H groups in total. The molecule has 6 nitrogen and oxygen atoms in total.